The molecule has 0 radical (unpaired) electrons. The Hall–Kier alpha value is -0.340. The first-order valence-electron chi connectivity index (χ1n) is 4.82. The van der Waals surface area contributed by atoms with E-state index in [-0.39, 0.29) is 0 Å². The number of rotatable bonds is 2. The number of aryl methyl sites for hydroxylation is 2. The summed E-state index contributed by atoms with van der Waals surface area (Å²) in [5.41, 5.74) is 4.32. The zero-order valence-electron chi connectivity index (χ0n) is 8.43. The van der Waals surface area contributed by atoms with E-state index in [2.05, 4.69) is 47.3 Å². The fourth-order valence-corrected chi connectivity index (χ4v) is 3.91. The molecule has 1 aromatic heterocycles. The number of halogens is 1. The van der Waals surface area contributed by atoms with Gasteiger partial charge < -0.3 is 0 Å². The van der Waals surface area contributed by atoms with E-state index in [1.165, 1.54) is 26.8 Å². The summed E-state index contributed by atoms with van der Waals surface area (Å²) >= 11 is 5.44. The van der Waals surface area contributed by atoms with Gasteiger partial charge >= 0.3 is 0 Å². The highest BCUT2D eigenvalue weighted by atomic mass is 79.9. The first-order valence-corrected chi connectivity index (χ1v) is 6.82. The van der Waals surface area contributed by atoms with Crippen LogP contribution in [0.2, 0.25) is 0 Å². The lowest BCUT2D eigenvalue weighted by atomic mass is 10.0. The van der Waals surface area contributed by atoms with Gasteiger partial charge in [0.25, 0.3) is 0 Å². The van der Waals surface area contributed by atoms with Crippen LogP contribution in [-0.4, -0.2) is 0 Å². The molecule has 0 aliphatic rings. The van der Waals surface area contributed by atoms with Crippen LogP contribution >= 0.6 is 27.3 Å². The molecule has 0 N–H and O–H groups in total. The van der Waals surface area contributed by atoms with Crippen LogP contribution in [-0.2, 0) is 11.8 Å². The minimum absolute atomic E-state index is 0.958. The van der Waals surface area contributed by atoms with Crippen molar-refractivity contribution in [3.8, 4) is 0 Å². The highest BCUT2D eigenvalue weighted by Gasteiger charge is 2.08. The van der Waals surface area contributed by atoms with Crippen molar-refractivity contribution >= 4 is 37.4 Å². The summed E-state index contributed by atoms with van der Waals surface area (Å²) in [6.45, 7) is 4.40. The smallest absolute Gasteiger partial charge is 0.0388 e. The molecule has 0 bridgehead atoms. The molecule has 2 heteroatoms. The van der Waals surface area contributed by atoms with E-state index >= 15 is 0 Å². The Kier molecular flexibility index (Phi) is 2.93. The van der Waals surface area contributed by atoms with E-state index in [9.17, 15) is 0 Å². The highest BCUT2D eigenvalue weighted by Crippen LogP contribution is 2.32. The lowest BCUT2D eigenvalue weighted by Gasteiger charge is -2.03. The zero-order chi connectivity index (χ0) is 10.1. The third-order valence-corrected chi connectivity index (χ3v) is 4.34. The van der Waals surface area contributed by atoms with Crippen LogP contribution in [0.5, 0.6) is 0 Å². The van der Waals surface area contributed by atoms with Crippen molar-refractivity contribution < 1.29 is 0 Å². The zero-order valence-corrected chi connectivity index (χ0v) is 10.8. The first-order chi connectivity index (χ1) is 6.77. The van der Waals surface area contributed by atoms with E-state index in [1.54, 1.807) is 0 Å². The van der Waals surface area contributed by atoms with Crippen molar-refractivity contribution in [2.24, 2.45) is 0 Å². The molecule has 0 aliphatic carbocycles. The maximum Gasteiger partial charge on any atom is 0.0388 e. The second-order valence-electron chi connectivity index (χ2n) is 3.49. The number of hydrogen-bond acceptors (Lipinski definition) is 1. The van der Waals surface area contributed by atoms with Crippen LogP contribution in [0.25, 0.3) is 10.1 Å². The van der Waals surface area contributed by atoms with Crippen LogP contribution < -0.4 is 0 Å². The van der Waals surface area contributed by atoms with Crippen molar-refractivity contribution in [3.63, 3.8) is 0 Å². The summed E-state index contributed by atoms with van der Waals surface area (Å²) in [7, 11) is 0. The summed E-state index contributed by atoms with van der Waals surface area (Å²) in [5.74, 6) is 0. The van der Waals surface area contributed by atoms with Gasteiger partial charge in [-0.25, -0.2) is 0 Å². The van der Waals surface area contributed by atoms with E-state index in [0.29, 0.717) is 0 Å². The van der Waals surface area contributed by atoms with Crippen molar-refractivity contribution in [2.45, 2.75) is 25.6 Å². The predicted molar refractivity (Wildman–Crippen MR) is 68.6 cm³/mol. The molecule has 0 saturated carbocycles. The second kappa shape index (κ2) is 4.03. The van der Waals surface area contributed by atoms with E-state index in [0.717, 1.165) is 11.8 Å². The maximum atomic E-state index is 3.57. The molecule has 2 rings (SSSR count). The van der Waals surface area contributed by atoms with Gasteiger partial charge in [-0.05, 0) is 40.8 Å². The molecule has 0 aliphatic heterocycles. The Bertz CT molecular complexity index is 457. The molecular weight excluding hydrogens is 256 g/mol. The fourth-order valence-electron chi connectivity index (χ4n) is 1.75. The lowest BCUT2D eigenvalue weighted by Crippen LogP contribution is -1.85. The standard InChI is InChI=1S/C12H13BrS/c1-3-9-7-14-12-10(9)5-4-8(2)11(12)6-13/h4-5,7H,3,6H2,1-2H3. The molecular formula is C12H13BrS. The second-order valence-corrected chi connectivity index (χ2v) is 4.93. The topological polar surface area (TPSA) is 0 Å². The Balaban J connectivity index is 2.76. The number of fused-ring (bicyclic) bond motifs is 1. The van der Waals surface area contributed by atoms with Gasteiger partial charge in [-0.1, -0.05) is 35.0 Å². The lowest BCUT2D eigenvalue weighted by molar-refractivity contribution is 1.17. The number of hydrogen-bond donors (Lipinski definition) is 0. The fraction of sp³-hybridized carbons (Fsp3) is 0.333. The van der Waals surface area contributed by atoms with Gasteiger partial charge in [0, 0.05) is 10.0 Å². The molecule has 14 heavy (non-hydrogen) atoms. The minimum Gasteiger partial charge on any atom is -0.143 e. The molecule has 0 saturated heterocycles. The summed E-state index contributed by atoms with van der Waals surface area (Å²) in [5, 5.41) is 4.69. The summed E-state index contributed by atoms with van der Waals surface area (Å²) in [4.78, 5) is 0. The number of alkyl halides is 1. The summed E-state index contributed by atoms with van der Waals surface area (Å²) in [6.07, 6.45) is 1.13. The average molecular weight is 269 g/mol. The van der Waals surface area contributed by atoms with Crippen LogP contribution in [0.15, 0.2) is 17.5 Å². The monoisotopic (exact) mass is 268 g/mol. The molecule has 0 fully saturated rings. The maximum absolute atomic E-state index is 3.57. The molecule has 2 aromatic rings. The summed E-state index contributed by atoms with van der Waals surface area (Å²) < 4.78 is 1.46. The van der Waals surface area contributed by atoms with Crippen LogP contribution in [0, 0.1) is 6.92 Å². The number of thiophene rings is 1. The van der Waals surface area contributed by atoms with Crippen molar-refractivity contribution in [3.05, 3.63) is 34.2 Å². The van der Waals surface area contributed by atoms with Gasteiger partial charge in [-0.2, -0.15) is 0 Å². The van der Waals surface area contributed by atoms with Gasteiger partial charge in [0.1, 0.15) is 0 Å². The molecule has 0 nitrogen and oxygen atoms in total. The highest BCUT2D eigenvalue weighted by molar-refractivity contribution is 9.08. The molecule has 0 amide bonds. The third kappa shape index (κ3) is 1.51. The normalized spacial score (nSPS) is 11.1. The minimum atomic E-state index is 0.958. The first kappa shape index (κ1) is 10.2. The van der Waals surface area contributed by atoms with Crippen molar-refractivity contribution in [1.82, 2.24) is 0 Å². The van der Waals surface area contributed by atoms with Gasteiger partial charge in [0.05, 0.1) is 0 Å². The Morgan fingerprint density at radius 3 is 2.79 bits per heavy atom. The Morgan fingerprint density at radius 2 is 2.14 bits per heavy atom. The quantitative estimate of drug-likeness (QED) is 0.695. The molecule has 0 spiro atoms. The Morgan fingerprint density at radius 1 is 1.36 bits per heavy atom. The van der Waals surface area contributed by atoms with Crippen molar-refractivity contribution in [2.75, 3.05) is 0 Å². The molecule has 0 atom stereocenters. The molecule has 1 heterocycles. The average Bonchev–Trinajstić information content (AvgIpc) is 2.60. The largest absolute Gasteiger partial charge is 0.143 e. The van der Waals surface area contributed by atoms with Crippen molar-refractivity contribution in [1.29, 1.82) is 0 Å². The Labute approximate surface area is 97.1 Å². The third-order valence-electron chi connectivity index (χ3n) is 2.67. The SMILES string of the molecule is CCc1csc2c(CBr)c(C)ccc12. The van der Waals surface area contributed by atoms with E-state index in [1.807, 2.05) is 11.3 Å². The van der Waals surface area contributed by atoms with Crippen LogP contribution in [0.4, 0.5) is 0 Å². The van der Waals surface area contributed by atoms with Gasteiger partial charge in [-0.15, -0.1) is 11.3 Å². The number of benzene rings is 1. The predicted octanol–water partition coefficient (Wildman–Crippen LogP) is 4.67. The summed E-state index contributed by atoms with van der Waals surface area (Å²) in [6, 6.07) is 4.48. The van der Waals surface area contributed by atoms with E-state index in [4.69, 9.17) is 0 Å². The van der Waals surface area contributed by atoms with Gasteiger partial charge in [0.2, 0.25) is 0 Å². The van der Waals surface area contributed by atoms with Gasteiger partial charge in [-0.3, -0.25) is 0 Å². The van der Waals surface area contributed by atoms with E-state index < -0.39 is 0 Å². The molecule has 1 aromatic carbocycles. The van der Waals surface area contributed by atoms with Crippen LogP contribution in [0.3, 0.4) is 0 Å². The molecule has 74 valence electrons. The van der Waals surface area contributed by atoms with Gasteiger partial charge in [0.15, 0.2) is 0 Å². The van der Waals surface area contributed by atoms with Crippen LogP contribution in [0.1, 0.15) is 23.6 Å². The molecule has 0 unspecified atom stereocenters.